The Morgan fingerprint density at radius 2 is 1.93 bits per heavy atom. The number of carbonyl (C=O) groups excluding carboxylic acids is 1. The van der Waals surface area contributed by atoms with Crippen molar-refractivity contribution in [1.29, 1.82) is 0 Å². The lowest BCUT2D eigenvalue weighted by Crippen LogP contribution is -2.29. The van der Waals surface area contributed by atoms with Crippen molar-refractivity contribution in [2.45, 2.75) is 18.5 Å². The van der Waals surface area contributed by atoms with E-state index >= 15 is 0 Å². The minimum Gasteiger partial charge on any atom is -0.383 e. The molecule has 0 fully saturated rings. The van der Waals surface area contributed by atoms with Gasteiger partial charge in [0.25, 0.3) is 5.56 Å². The summed E-state index contributed by atoms with van der Waals surface area (Å²) in [4.78, 5) is 30.1. The zero-order valence-corrected chi connectivity index (χ0v) is 16.8. The van der Waals surface area contributed by atoms with Crippen LogP contribution in [0.5, 0.6) is 0 Å². The van der Waals surface area contributed by atoms with Crippen LogP contribution in [0.25, 0.3) is 16.6 Å². The highest BCUT2D eigenvalue weighted by molar-refractivity contribution is 7.99. The topological polar surface area (TPSA) is 73.2 Å². The Labute approximate surface area is 167 Å². The summed E-state index contributed by atoms with van der Waals surface area (Å²) in [5, 5.41) is 3.85. The summed E-state index contributed by atoms with van der Waals surface area (Å²) in [5.74, 6) is 0.0442. The molecule has 0 aliphatic rings. The molecule has 6 nitrogen and oxygen atoms in total. The molecule has 28 heavy (non-hydrogen) atoms. The molecule has 3 rings (SSSR count). The number of nitrogens with one attached hydrogen (secondary N) is 1. The van der Waals surface area contributed by atoms with Gasteiger partial charge in [-0.25, -0.2) is 4.98 Å². The second-order valence-electron chi connectivity index (χ2n) is 6.17. The molecule has 0 saturated carbocycles. The van der Waals surface area contributed by atoms with Gasteiger partial charge in [-0.3, -0.25) is 14.2 Å². The van der Waals surface area contributed by atoms with Crippen LogP contribution in [0.2, 0.25) is 0 Å². The normalized spacial score (nSPS) is 10.9. The van der Waals surface area contributed by atoms with Crippen molar-refractivity contribution in [3.05, 3.63) is 64.4 Å². The summed E-state index contributed by atoms with van der Waals surface area (Å²) in [7, 11) is 1.59. The quantitative estimate of drug-likeness (QED) is 0.359. The third-order valence-electron chi connectivity index (χ3n) is 4.32. The van der Waals surface area contributed by atoms with Crippen LogP contribution < -0.4 is 10.9 Å². The zero-order chi connectivity index (χ0) is 19.9. The van der Waals surface area contributed by atoms with Gasteiger partial charge in [0, 0.05) is 13.7 Å². The van der Waals surface area contributed by atoms with Gasteiger partial charge in [-0.05, 0) is 30.2 Å². The minimum atomic E-state index is -0.131. The number of rotatable bonds is 8. The molecule has 1 heterocycles. The average Bonchev–Trinajstić information content (AvgIpc) is 2.72. The van der Waals surface area contributed by atoms with Crippen LogP contribution in [-0.2, 0) is 16.0 Å². The van der Waals surface area contributed by atoms with Crippen molar-refractivity contribution in [1.82, 2.24) is 14.9 Å². The van der Waals surface area contributed by atoms with Gasteiger partial charge >= 0.3 is 0 Å². The number of methoxy groups -OCH3 is 1. The zero-order valence-electron chi connectivity index (χ0n) is 16.0. The Hall–Kier alpha value is -2.64. The highest BCUT2D eigenvalue weighted by atomic mass is 32.2. The molecule has 0 unspecified atom stereocenters. The lowest BCUT2D eigenvalue weighted by molar-refractivity contribution is -0.118. The Morgan fingerprint density at radius 3 is 2.71 bits per heavy atom. The number of aryl methyl sites for hydroxylation is 1. The van der Waals surface area contributed by atoms with E-state index in [1.165, 1.54) is 11.8 Å². The Morgan fingerprint density at radius 1 is 1.18 bits per heavy atom. The van der Waals surface area contributed by atoms with Gasteiger partial charge in [0.15, 0.2) is 5.16 Å². The van der Waals surface area contributed by atoms with Gasteiger partial charge in [0.2, 0.25) is 5.91 Å². The number of carbonyl (C=O) groups is 1. The number of benzene rings is 2. The molecule has 0 radical (unpaired) electrons. The Bertz CT molecular complexity index is 1030. The number of hydrogen-bond donors (Lipinski definition) is 1. The standard InChI is InChI=1S/C21H23N3O3S/c1-3-15-8-4-7-11-18(15)24-20(26)16-9-5-6-10-17(16)23-21(24)28-14-19(25)22-12-13-27-2/h4-11H,3,12-14H2,1-2H3,(H,22,25). The molecule has 3 aromatic rings. The summed E-state index contributed by atoms with van der Waals surface area (Å²) >= 11 is 1.26. The van der Waals surface area contributed by atoms with E-state index in [1.807, 2.05) is 42.5 Å². The lowest BCUT2D eigenvalue weighted by atomic mass is 10.1. The predicted molar refractivity (Wildman–Crippen MR) is 112 cm³/mol. The fourth-order valence-corrected chi connectivity index (χ4v) is 3.76. The first-order chi connectivity index (χ1) is 13.7. The number of fused-ring (bicyclic) bond motifs is 1. The Kier molecular flexibility index (Phi) is 6.84. The van der Waals surface area contributed by atoms with E-state index in [0.29, 0.717) is 29.2 Å². The van der Waals surface area contributed by atoms with E-state index in [9.17, 15) is 9.59 Å². The first kappa shape index (κ1) is 20.1. The van der Waals surface area contributed by atoms with E-state index in [0.717, 1.165) is 17.7 Å². The molecule has 0 aliphatic heterocycles. The molecular formula is C21H23N3O3S. The molecule has 2 aromatic carbocycles. The molecule has 0 spiro atoms. The van der Waals surface area contributed by atoms with Crippen molar-refractivity contribution < 1.29 is 9.53 Å². The summed E-state index contributed by atoms with van der Waals surface area (Å²) in [6.07, 6.45) is 0.789. The monoisotopic (exact) mass is 397 g/mol. The van der Waals surface area contributed by atoms with Gasteiger partial charge in [0.1, 0.15) is 0 Å². The average molecular weight is 398 g/mol. The SMILES string of the molecule is CCc1ccccc1-n1c(SCC(=O)NCCOC)nc2ccccc2c1=O. The third-order valence-corrected chi connectivity index (χ3v) is 5.26. The van der Waals surface area contributed by atoms with Crippen molar-refractivity contribution in [3.63, 3.8) is 0 Å². The van der Waals surface area contributed by atoms with E-state index in [4.69, 9.17) is 4.74 Å². The lowest BCUT2D eigenvalue weighted by Gasteiger charge is -2.16. The molecule has 0 saturated heterocycles. The fourth-order valence-electron chi connectivity index (χ4n) is 2.92. The van der Waals surface area contributed by atoms with E-state index < -0.39 is 0 Å². The van der Waals surface area contributed by atoms with Crippen LogP contribution in [0.3, 0.4) is 0 Å². The van der Waals surface area contributed by atoms with Gasteiger partial charge < -0.3 is 10.1 Å². The number of ether oxygens (including phenoxy) is 1. The van der Waals surface area contributed by atoms with E-state index in [1.54, 1.807) is 17.7 Å². The predicted octanol–water partition coefficient (Wildman–Crippen LogP) is 2.80. The molecular weight excluding hydrogens is 374 g/mol. The number of para-hydroxylation sites is 2. The highest BCUT2D eigenvalue weighted by Gasteiger charge is 2.16. The van der Waals surface area contributed by atoms with Crippen LogP contribution in [0.4, 0.5) is 0 Å². The minimum absolute atomic E-state index is 0.125. The molecule has 1 N–H and O–H groups in total. The maximum absolute atomic E-state index is 13.3. The fraction of sp³-hybridized carbons (Fsp3) is 0.286. The van der Waals surface area contributed by atoms with Gasteiger partial charge in [-0.1, -0.05) is 49.0 Å². The third kappa shape index (κ3) is 4.43. The van der Waals surface area contributed by atoms with Crippen LogP contribution >= 0.6 is 11.8 Å². The van der Waals surface area contributed by atoms with Gasteiger partial charge in [-0.15, -0.1) is 0 Å². The number of nitrogens with zero attached hydrogens (tertiary/aromatic N) is 2. The number of amides is 1. The maximum atomic E-state index is 13.3. The molecule has 1 amide bonds. The summed E-state index contributed by atoms with van der Waals surface area (Å²) in [6, 6.07) is 15.1. The van der Waals surface area contributed by atoms with Gasteiger partial charge in [0.05, 0.1) is 29.0 Å². The van der Waals surface area contributed by atoms with Crippen LogP contribution in [0.15, 0.2) is 58.5 Å². The molecule has 0 atom stereocenters. The van der Waals surface area contributed by atoms with Crippen LogP contribution in [-0.4, -0.2) is 41.5 Å². The highest BCUT2D eigenvalue weighted by Crippen LogP contribution is 2.23. The number of aromatic nitrogens is 2. The van der Waals surface area contributed by atoms with Crippen LogP contribution in [0, 0.1) is 0 Å². The summed E-state index contributed by atoms with van der Waals surface area (Å²) in [6.45, 7) is 2.96. The van der Waals surface area contributed by atoms with Crippen LogP contribution in [0.1, 0.15) is 12.5 Å². The first-order valence-electron chi connectivity index (χ1n) is 9.14. The first-order valence-corrected chi connectivity index (χ1v) is 10.1. The number of hydrogen-bond acceptors (Lipinski definition) is 5. The summed E-state index contributed by atoms with van der Waals surface area (Å²) < 4.78 is 6.56. The van der Waals surface area contributed by atoms with Crippen molar-refractivity contribution in [3.8, 4) is 5.69 Å². The van der Waals surface area contributed by atoms with E-state index in [2.05, 4.69) is 17.2 Å². The summed E-state index contributed by atoms with van der Waals surface area (Å²) in [5.41, 5.74) is 2.34. The van der Waals surface area contributed by atoms with Gasteiger partial charge in [-0.2, -0.15) is 0 Å². The van der Waals surface area contributed by atoms with E-state index in [-0.39, 0.29) is 17.2 Å². The smallest absolute Gasteiger partial charge is 0.266 e. The largest absolute Gasteiger partial charge is 0.383 e. The second kappa shape index (κ2) is 9.52. The van der Waals surface area contributed by atoms with Crippen molar-refractivity contribution in [2.75, 3.05) is 26.0 Å². The second-order valence-corrected chi connectivity index (χ2v) is 7.11. The van der Waals surface area contributed by atoms with Crippen molar-refractivity contribution in [2.24, 2.45) is 0 Å². The molecule has 0 aliphatic carbocycles. The maximum Gasteiger partial charge on any atom is 0.266 e. The van der Waals surface area contributed by atoms with Crippen molar-refractivity contribution >= 4 is 28.6 Å². The Balaban J connectivity index is 2.03. The molecule has 0 bridgehead atoms. The molecule has 146 valence electrons. The molecule has 7 heteroatoms. The molecule has 1 aromatic heterocycles. The number of thioether (sulfide) groups is 1.